The van der Waals surface area contributed by atoms with E-state index in [0.717, 1.165) is 19.3 Å². The Morgan fingerprint density at radius 2 is 1.59 bits per heavy atom. The molecular formula is C23H47NO3S2. The number of ether oxygens (including phenoxy) is 1. The first-order valence-electron chi connectivity index (χ1n) is 10.8. The third-order valence-electron chi connectivity index (χ3n) is 5.06. The maximum atomic E-state index is 12.3. The number of carbonyl (C=O) groups is 1. The summed E-state index contributed by atoms with van der Waals surface area (Å²) in [6.45, 7) is 20.1. The molecule has 0 aliphatic carbocycles. The molecule has 0 radical (unpaired) electrons. The summed E-state index contributed by atoms with van der Waals surface area (Å²) in [4.78, 5) is 12.3. The summed E-state index contributed by atoms with van der Waals surface area (Å²) >= 11 is 3.91. The molecule has 0 heterocycles. The Morgan fingerprint density at radius 1 is 1.00 bits per heavy atom. The number of hydrogen-bond donors (Lipinski definition) is 2. The van der Waals surface area contributed by atoms with Crippen LogP contribution < -0.4 is 5.32 Å². The lowest BCUT2D eigenvalue weighted by molar-refractivity contribution is -0.121. The molecule has 6 heteroatoms. The highest BCUT2D eigenvalue weighted by Gasteiger charge is 2.27. The van der Waals surface area contributed by atoms with Crippen molar-refractivity contribution < 1.29 is 14.6 Å². The second kappa shape index (κ2) is 12.2. The smallest absolute Gasteiger partial charge is 0.220 e. The van der Waals surface area contributed by atoms with Crippen LogP contribution in [0.2, 0.25) is 0 Å². The van der Waals surface area contributed by atoms with Crippen molar-refractivity contribution >= 4 is 29.4 Å². The SMILES string of the molecule is CSC(C)(C)CC(C)SC(C)(C)CCC(=O)NCCC(C)(C)OCCC(C)(C)O. The van der Waals surface area contributed by atoms with Crippen LogP contribution in [0.1, 0.15) is 94.4 Å². The van der Waals surface area contributed by atoms with E-state index in [4.69, 9.17) is 4.74 Å². The second-order valence-electron chi connectivity index (χ2n) is 10.6. The third kappa shape index (κ3) is 16.5. The summed E-state index contributed by atoms with van der Waals surface area (Å²) in [5.41, 5.74) is -1.02. The minimum Gasteiger partial charge on any atom is -0.390 e. The van der Waals surface area contributed by atoms with Gasteiger partial charge in [0.05, 0.1) is 17.8 Å². The van der Waals surface area contributed by atoms with E-state index in [-0.39, 0.29) is 16.3 Å². The molecule has 0 aliphatic rings. The third-order valence-corrected chi connectivity index (χ3v) is 7.74. The molecule has 4 nitrogen and oxygen atoms in total. The van der Waals surface area contributed by atoms with E-state index in [9.17, 15) is 9.90 Å². The van der Waals surface area contributed by atoms with Gasteiger partial charge < -0.3 is 15.2 Å². The maximum Gasteiger partial charge on any atom is 0.220 e. The van der Waals surface area contributed by atoms with Gasteiger partial charge in [-0.1, -0.05) is 34.6 Å². The summed E-state index contributed by atoms with van der Waals surface area (Å²) in [7, 11) is 0. The van der Waals surface area contributed by atoms with Crippen LogP contribution in [-0.2, 0) is 9.53 Å². The quantitative estimate of drug-likeness (QED) is 0.338. The van der Waals surface area contributed by atoms with E-state index in [2.05, 4.69) is 46.2 Å². The lowest BCUT2D eigenvalue weighted by Crippen LogP contribution is -2.34. The fraction of sp³-hybridized carbons (Fsp3) is 0.957. The average Bonchev–Trinajstić information content (AvgIpc) is 2.50. The molecule has 0 rings (SSSR count). The fourth-order valence-corrected chi connectivity index (χ4v) is 5.41. The van der Waals surface area contributed by atoms with Gasteiger partial charge in [0, 0.05) is 27.7 Å². The largest absolute Gasteiger partial charge is 0.390 e. The minimum atomic E-state index is -0.711. The Bertz CT molecular complexity index is 485. The summed E-state index contributed by atoms with van der Waals surface area (Å²) in [6, 6.07) is 0. The molecule has 2 N–H and O–H groups in total. The zero-order chi connectivity index (χ0) is 22.9. The molecule has 0 aliphatic heterocycles. The number of aliphatic hydroxyl groups is 1. The zero-order valence-electron chi connectivity index (χ0n) is 20.6. The van der Waals surface area contributed by atoms with Crippen molar-refractivity contribution in [2.75, 3.05) is 19.4 Å². The van der Waals surface area contributed by atoms with Gasteiger partial charge in [-0.05, 0) is 59.6 Å². The van der Waals surface area contributed by atoms with E-state index in [1.165, 1.54) is 0 Å². The van der Waals surface area contributed by atoms with Gasteiger partial charge >= 0.3 is 0 Å². The molecule has 0 saturated heterocycles. The van der Waals surface area contributed by atoms with Crippen molar-refractivity contribution in [3.63, 3.8) is 0 Å². The first-order valence-corrected chi connectivity index (χ1v) is 12.9. The Kier molecular flexibility index (Phi) is 12.2. The van der Waals surface area contributed by atoms with Gasteiger partial charge in [0.2, 0.25) is 5.91 Å². The van der Waals surface area contributed by atoms with Gasteiger partial charge in [-0.25, -0.2) is 0 Å². The van der Waals surface area contributed by atoms with Gasteiger partial charge in [-0.3, -0.25) is 4.79 Å². The van der Waals surface area contributed by atoms with Crippen molar-refractivity contribution in [2.45, 2.75) is 120 Å². The van der Waals surface area contributed by atoms with Crippen LogP contribution in [0.5, 0.6) is 0 Å². The Hall–Kier alpha value is 0.0900. The summed E-state index contributed by atoms with van der Waals surface area (Å²) in [6.07, 6.45) is 6.12. The van der Waals surface area contributed by atoms with Crippen molar-refractivity contribution in [3.05, 3.63) is 0 Å². The molecule has 0 spiro atoms. The lowest BCUT2D eigenvalue weighted by atomic mass is 10.0. The predicted molar refractivity (Wildman–Crippen MR) is 131 cm³/mol. The highest BCUT2D eigenvalue weighted by molar-refractivity contribution is 8.01. The van der Waals surface area contributed by atoms with Crippen molar-refractivity contribution in [1.82, 2.24) is 5.32 Å². The van der Waals surface area contributed by atoms with E-state index < -0.39 is 5.60 Å². The predicted octanol–water partition coefficient (Wildman–Crippen LogP) is 5.66. The fourth-order valence-electron chi connectivity index (χ4n) is 3.08. The standard InChI is InChI=1S/C23H47NO3S2/c1-18(17-23(8,9)28-10)29-22(6,7)12-11-19(25)24-15-13-21(4,5)27-16-14-20(2,3)26/h18,26H,11-17H2,1-10H3,(H,24,25). The molecule has 0 saturated carbocycles. The molecule has 1 atom stereocenters. The van der Waals surface area contributed by atoms with Gasteiger partial charge in [0.15, 0.2) is 0 Å². The minimum absolute atomic E-state index is 0.0880. The van der Waals surface area contributed by atoms with Crippen LogP contribution in [0.4, 0.5) is 0 Å². The Morgan fingerprint density at radius 3 is 2.10 bits per heavy atom. The number of carbonyl (C=O) groups excluding carboxylic acids is 1. The molecule has 29 heavy (non-hydrogen) atoms. The number of nitrogens with one attached hydrogen (secondary N) is 1. The maximum absolute atomic E-state index is 12.3. The van der Waals surface area contributed by atoms with Crippen molar-refractivity contribution in [2.24, 2.45) is 0 Å². The topological polar surface area (TPSA) is 58.6 Å². The molecule has 0 aromatic carbocycles. The molecule has 174 valence electrons. The van der Waals surface area contributed by atoms with E-state index >= 15 is 0 Å². The van der Waals surface area contributed by atoms with Crippen molar-refractivity contribution in [3.8, 4) is 0 Å². The normalized spacial score (nSPS) is 14.7. The van der Waals surface area contributed by atoms with Crippen LogP contribution in [-0.4, -0.2) is 56.4 Å². The molecule has 0 bridgehead atoms. The summed E-state index contributed by atoms with van der Waals surface area (Å²) < 4.78 is 6.26. The van der Waals surface area contributed by atoms with Gasteiger partial charge in [-0.15, -0.1) is 0 Å². The lowest BCUT2D eigenvalue weighted by Gasteiger charge is -2.32. The highest BCUT2D eigenvalue weighted by Crippen LogP contribution is 2.38. The summed E-state index contributed by atoms with van der Waals surface area (Å²) in [5, 5.41) is 13.4. The number of hydrogen-bond acceptors (Lipinski definition) is 5. The zero-order valence-corrected chi connectivity index (χ0v) is 22.2. The first-order chi connectivity index (χ1) is 13.0. The molecule has 1 unspecified atom stereocenters. The van der Waals surface area contributed by atoms with E-state index in [1.807, 2.05) is 37.4 Å². The van der Waals surface area contributed by atoms with E-state index in [0.29, 0.717) is 36.0 Å². The van der Waals surface area contributed by atoms with Crippen LogP contribution in [0.3, 0.4) is 0 Å². The molecule has 1 amide bonds. The summed E-state index contributed by atoms with van der Waals surface area (Å²) in [5.74, 6) is 0.114. The number of amides is 1. The Balaban J connectivity index is 4.18. The number of rotatable bonds is 15. The number of thioether (sulfide) groups is 2. The average molecular weight is 450 g/mol. The monoisotopic (exact) mass is 449 g/mol. The van der Waals surface area contributed by atoms with Crippen molar-refractivity contribution in [1.29, 1.82) is 0 Å². The van der Waals surface area contributed by atoms with E-state index in [1.54, 1.807) is 13.8 Å². The first kappa shape index (κ1) is 29.1. The van der Waals surface area contributed by atoms with Crippen LogP contribution >= 0.6 is 23.5 Å². The molecule has 0 fully saturated rings. The second-order valence-corrected chi connectivity index (χ2v) is 14.3. The van der Waals surface area contributed by atoms with Gasteiger partial charge in [-0.2, -0.15) is 23.5 Å². The van der Waals surface area contributed by atoms with Crippen LogP contribution in [0, 0.1) is 0 Å². The molecule has 0 aromatic heterocycles. The highest BCUT2D eigenvalue weighted by atomic mass is 32.2. The van der Waals surface area contributed by atoms with Crippen LogP contribution in [0.15, 0.2) is 0 Å². The van der Waals surface area contributed by atoms with Gasteiger partial charge in [0.1, 0.15) is 0 Å². The van der Waals surface area contributed by atoms with Crippen LogP contribution in [0.25, 0.3) is 0 Å². The molecule has 0 aromatic rings. The van der Waals surface area contributed by atoms with Gasteiger partial charge in [0.25, 0.3) is 0 Å². The Labute approximate surface area is 189 Å². The molecular weight excluding hydrogens is 402 g/mol.